The lowest BCUT2D eigenvalue weighted by molar-refractivity contribution is -0.123. The number of anilines is 1. The predicted molar refractivity (Wildman–Crippen MR) is 91.1 cm³/mol. The third-order valence-electron chi connectivity index (χ3n) is 3.83. The molecular weight excluding hydrogens is 326 g/mol. The molecule has 134 valence electrons. The summed E-state index contributed by atoms with van der Waals surface area (Å²) in [6.45, 7) is 3.17. The Morgan fingerprint density at radius 1 is 1.28 bits per heavy atom. The summed E-state index contributed by atoms with van der Waals surface area (Å²) in [5.74, 6) is 1.29. The van der Waals surface area contributed by atoms with E-state index >= 15 is 0 Å². The van der Waals surface area contributed by atoms with Crippen molar-refractivity contribution in [2.24, 2.45) is 0 Å². The fraction of sp³-hybridized carbons (Fsp3) is 0.438. The van der Waals surface area contributed by atoms with Crippen molar-refractivity contribution in [1.82, 2.24) is 19.7 Å². The molecule has 2 N–H and O–H groups in total. The van der Waals surface area contributed by atoms with E-state index in [2.05, 4.69) is 20.0 Å². The maximum Gasteiger partial charge on any atom is 0.290 e. The summed E-state index contributed by atoms with van der Waals surface area (Å²) < 4.78 is 1.35. The topological polar surface area (TPSA) is 121 Å². The highest BCUT2D eigenvalue weighted by atomic mass is 16.3. The predicted octanol–water partition coefficient (Wildman–Crippen LogP) is 0.778. The van der Waals surface area contributed by atoms with Crippen LogP contribution in [-0.4, -0.2) is 50.2 Å². The molecule has 0 unspecified atom stereocenters. The Morgan fingerprint density at radius 2 is 1.92 bits per heavy atom. The number of nitrogens with zero attached hydrogens (tertiary/aromatic N) is 4. The highest BCUT2D eigenvalue weighted by Gasteiger charge is 2.15. The number of Topliss-reactive ketones (excluding diaryl/α,β-unsaturated/α-hetero) is 1. The molecule has 0 radical (unpaired) electrons. The first-order valence-corrected chi connectivity index (χ1v) is 8.00. The first-order valence-electron chi connectivity index (χ1n) is 8.00. The van der Waals surface area contributed by atoms with Crippen molar-refractivity contribution in [2.45, 2.75) is 32.6 Å². The Labute approximate surface area is 144 Å². The zero-order valence-electron chi connectivity index (χ0n) is 14.0. The molecule has 0 spiro atoms. The molecule has 0 atom stereocenters. The van der Waals surface area contributed by atoms with Crippen LogP contribution in [0.3, 0.4) is 0 Å². The van der Waals surface area contributed by atoms with Gasteiger partial charge in [0.15, 0.2) is 5.82 Å². The van der Waals surface area contributed by atoms with Crippen LogP contribution in [0.1, 0.15) is 31.7 Å². The maximum atomic E-state index is 12.3. The highest BCUT2D eigenvalue weighted by molar-refractivity contribution is 5.77. The van der Waals surface area contributed by atoms with Crippen LogP contribution in [-0.2, 0) is 16.0 Å². The molecule has 0 aliphatic carbocycles. The number of carbonyl (C=O) groups is 2. The molecule has 1 saturated heterocycles. The third-order valence-corrected chi connectivity index (χ3v) is 3.83. The quantitative estimate of drug-likeness (QED) is 0.784. The van der Waals surface area contributed by atoms with Crippen molar-refractivity contribution in [3.05, 3.63) is 34.5 Å². The molecule has 0 saturated carbocycles. The van der Waals surface area contributed by atoms with E-state index in [1.165, 1.54) is 24.4 Å². The Balaban J connectivity index is 0.000000701. The first kappa shape index (κ1) is 18.4. The monoisotopic (exact) mass is 347 g/mol. The normalized spacial score (nSPS) is 13.7. The van der Waals surface area contributed by atoms with Crippen molar-refractivity contribution in [1.29, 1.82) is 0 Å². The Morgan fingerprint density at radius 3 is 2.56 bits per heavy atom. The fourth-order valence-electron chi connectivity index (χ4n) is 2.73. The van der Waals surface area contributed by atoms with Crippen LogP contribution < -0.4 is 10.5 Å². The summed E-state index contributed by atoms with van der Waals surface area (Å²) in [5.41, 5.74) is 0.212. The Kier molecular flexibility index (Phi) is 6.44. The van der Waals surface area contributed by atoms with Crippen molar-refractivity contribution in [3.63, 3.8) is 0 Å². The second kappa shape index (κ2) is 8.76. The average molecular weight is 347 g/mol. The minimum absolute atomic E-state index is 0.0417. The van der Waals surface area contributed by atoms with Crippen molar-refractivity contribution in [2.75, 3.05) is 18.0 Å². The smallest absolute Gasteiger partial charge is 0.290 e. The third kappa shape index (κ3) is 4.75. The van der Waals surface area contributed by atoms with Gasteiger partial charge in [0.2, 0.25) is 0 Å². The number of carboxylic acid groups (broad SMARTS) is 1. The van der Waals surface area contributed by atoms with Crippen LogP contribution in [0.5, 0.6) is 0 Å². The molecule has 0 bridgehead atoms. The van der Waals surface area contributed by atoms with Gasteiger partial charge in [0, 0.05) is 37.3 Å². The van der Waals surface area contributed by atoms with Gasteiger partial charge in [0.1, 0.15) is 17.9 Å². The second-order valence-electron chi connectivity index (χ2n) is 5.71. The van der Waals surface area contributed by atoms with Gasteiger partial charge in [-0.05, 0) is 26.2 Å². The number of H-pyrrole nitrogens is 1. The number of rotatable bonds is 4. The van der Waals surface area contributed by atoms with E-state index < -0.39 is 0 Å². The number of carbonyl (C=O) groups excluding carboxylic acids is 1. The average Bonchev–Trinajstić information content (AvgIpc) is 2.97. The summed E-state index contributed by atoms with van der Waals surface area (Å²) >= 11 is 0. The summed E-state index contributed by atoms with van der Waals surface area (Å²) in [4.78, 5) is 42.5. The largest absolute Gasteiger partial charge is 0.483 e. The molecule has 2 aromatic rings. The number of hydrogen-bond acceptors (Lipinski definition) is 6. The molecule has 25 heavy (non-hydrogen) atoms. The van der Waals surface area contributed by atoms with Gasteiger partial charge in [-0.1, -0.05) is 0 Å². The van der Waals surface area contributed by atoms with Crippen LogP contribution in [0.4, 0.5) is 5.82 Å². The van der Waals surface area contributed by atoms with E-state index in [0.29, 0.717) is 11.4 Å². The molecule has 9 nitrogen and oxygen atoms in total. The van der Waals surface area contributed by atoms with Crippen LogP contribution in [0.2, 0.25) is 0 Å². The summed E-state index contributed by atoms with van der Waals surface area (Å²) in [6, 6.07) is 1.81. The Hall–Kier alpha value is -2.97. The minimum atomic E-state index is -0.250. The molecule has 9 heteroatoms. The van der Waals surface area contributed by atoms with Gasteiger partial charge in [-0.2, -0.15) is 0 Å². The maximum absolute atomic E-state index is 12.3. The molecule has 3 rings (SSSR count). The van der Waals surface area contributed by atoms with Crippen LogP contribution in [0, 0.1) is 0 Å². The molecule has 2 aromatic heterocycles. The van der Waals surface area contributed by atoms with Gasteiger partial charge in [0.05, 0.1) is 0 Å². The van der Waals surface area contributed by atoms with E-state index in [1.807, 2.05) is 0 Å². The lowest BCUT2D eigenvalue weighted by Crippen LogP contribution is -2.30. The molecular formula is C16H21N5O4. The zero-order valence-corrected chi connectivity index (χ0v) is 14.0. The lowest BCUT2D eigenvalue weighted by Gasteiger charge is -2.27. The zero-order chi connectivity index (χ0) is 18.2. The molecule has 1 fully saturated rings. The summed E-state index contributed by atoms with van der Waals surface area (Å²) in [5, 5.41) is 9.76. The number of aromatic nitrogens is 4. The van der Waals surface area contributed by atoms with Crippen molar-refractivity contribution in [3.8, 4) is 5.82 Å². The molecule has 0 aromatic carbocycles. The SMILES string of the molecule is CC(=O)Cc1c[nH]n(-c2cc(N3CCCCC3)ncn2)c1=O.O=CO. The summed E-state index contributed by atoms with van der Waals surface area (Å²) in [6.07, 6.45) is 6.73. The van der Waals surface area contributed by atoms with Crippen LogP contribution in [0.25, 0.3) is 5.82 Å². The standard InChI is InChI=1S/C15H19N5O2.CH2O2/c1-11(21)7-12-9-18-20(15(12)22)14-8-13(16-10-17-14)19-5-3-2-4-6-19;2-1-3/h8-10,18H,2-7H2,1H3;1H,(H,2,3). The van der Waals surface area contributed by atoms with Crippen molar-refractivity contribution >= 4 is 18.1 Å². The van der Waals surface area contributed by atoms with Crippen LogP contribution in [0.15, 0.2) is 23.4 Å². The first-order chi connectivity index (χ1) is 12.1. The summed E-state index contributed by atoms with van der Waals surface area (Å²) in [7, 11) is 0. The van der Waals surface area contributed by atoms with Gasteiger partial charge in [-0.3, -0.25) is 19.5 Å². The van der Waals surface area contributed by atoms with E-state index in [0.717, 1.165) is 31.7 Å². The fourth-order valence-corrected chi connectivity index (χ4v) is 2.73. The van der Waals surface area contributed by atoms with Gasteiger partial charge in [0.25, 0.3) is 12.0 Å². The van der Waals surface area contributed by atoms with Crippen molar-refractivity contribution < 1.29 is 14.7 Å². The molecule has 3 heterocycles. The highest BCUT2D eigenvalue weighted by Crippen LogP contribution is 2.18. The lowest BCUT2D eigenvalue weighted by atomic mass is 10.1. The van der Waals surface area contributed by atoms with Gasteiger partial charge >= 0.3 is 0 Å². The van der Waals surface area contributed by atoms with E-state index in [4.69, 9.17) is 9.90 Å². The van der Waals surface area contributed by atoms with Crippen LogP contribution >= 0.6 is 0 Å². The number of hydrogen-bond donors (Lipinski definition) is 2. The van der Waals surface area contributed by atoms with Gasteiger partial charge in [-0.25, -0.2) is 14.6 Å². The van der Waals surface area contributed by atoms with E-state index in [9.17, 15) is 9.59 Å². The number of piperidine rings is 1. The number of ketones is 1. The molecule has 0 amide bonds. The minimum Gasteiger partial charge on any atom is -0.483 e. The second-order valence-corrected chi connectivity index (χ2v) is 5.71. The molecule has 1 aliphatic heterocycles. The van der Waals surface area contributed by atoms with Gasteiger partial charge < -0.3 is 10.0 Å². The molecule has 1 aliphatic rings. The number of aromatic amines is 1. The van der Waals surface area contributed by atoms with E-state index in [1.54, 1.807) is 12.3 Å². The Bertz CT molecular complexity index is 777. The van der Waals surface area contributed by atoms with E-state index in [-0.39, 0.29) is 24.2 Å². The van der Waals surface area contributed by atoms with Gasteiger partial charge in [-0.15, -0.1) is 0 Å². The number of nitrogens with one attached hydrogen (secondary N) is 1.